The van der Waals surface area contributed by atoms with Gasteiger partial charge in [-0.2, -0.15) is 0 Å². The first kappa shape index (κ1) is 13.9. The van der Waals surface area contributed by atoms with Crippen molar-refractivity contribution in [3.05, 3.63) is 66.1 Å². The summed E-state index contributed by atoms with van der Waals surface area (Å²) in [5, 5.41) is 0. The molecule has 0 radical (unpaired) electrons. The molecule has 1 rings (SSSR count). The first-order valence-corrected chi connectivity index (χ1v) is 6.09. The smallest absolute Gasteiger partial charge is 0.0897 e. The van der Waals surface area contributed by atoms with Crippen LogP contribution >= 0.6 is 0 Å². The number of hydrogen-bond acceptors (Lipinski definition) is 0. The van der Waals surface area contributed by atoms with Gasteiger partial charge in [0.1, 0.15) is 0 Å². The van der Waals surface area contributed by atoms with E-state index >= 15 is 0 Å². The molecule has 0 saturated heterocycles. The maximum Gasteiger partial charge on any atom is 0.0897 e. The van der Waals surface area contributed by atoms with Gasteiger partial charge in [-0.1, -0.05) is 49.8 Å². The molecule has 0 saturated carbocycles. The third kappa shape index (κ3) is 4.76. The molecule has 0 aliphatic carbocycles. The highest BCUT2D eigenvalue weighted by Gasteiger charge is 1.91. The maximum absolute atomic E-state index is 3.72. The molecule has 0 aromatic carbocycles. The minimum absolute atomic E-state index is 0.940. The number of allylic oxidation sites excluding steroid dienone is 6. The summed E-state index contributed by atoms with van der Waals surface area (Å²) in [6.45, 7) is 7.67. The fourth-order valence-electron chi connectivity index (χ4n) is 1.46. The van der Waals surface area contributed by atoms with Crippen molar-refractivity contribution in [3.63, 3.8) is 0 Å². The van der Waals surface area contributed by atoms with Crippen molar-refractivity contribution < 1.29 is 0 Å². The Morgan fingerprint density at radius 1 is 1.39 bits per heavy atom. The fourth-order valence-corrected chi connectivity index (χ4v) is 1.46. The summed E-state index contributed by atoms with van der Waals surface area (Å²) in [5.74, 6) is 5.86. The molecule has 0 spiro atoms. The lowest BCUT2D eigenvalue weighted by atomic mass is 10.2. The number of rotatable bonds is 5. The summed E-state index contributed by atoms with van der Waals surface area (Å²) in [7, 11) is 0. The van der Waals surface area contributed by atoms with Crippen molar-refractivity contribution in [2.45, 2.75) is 20.3 Å². The second kappa shape index (κ2) is 7.97. The lowest BCUT2D eigenvalue weighted by molar-refractivity contribution is 1.22. The number of H-pyrrole nitrogens is 1. The lowest BCUT2D eigenvalue weighted by Crippen LogP contribution is -1.75. The van der Waals surface area contributed by atoms with Crippen molar-refractivity contribution in [2.24, 2.45) is 0 Å². The van der Waals surface area contributed by atoms with Crippen LogP contribution in [0.15, 0.2) is 54.7 Å². The summed E-state index contributed by atoms with van der Waals surface area (Å²) in [6.07, 6.45) is 13.1. The summed E-state index contributed by atoms with van der Waals surface area (Å²) in [5.41, 5.74) is 3.12. The van der Waals surface area contributed by atoms with Crippen molar-refractivity contribution >= 4 is 6.08 Å². The number of aromatic amines is 1. The molecule has 1 aromatic heterocycles. The van der Waals surface area contributed by atoms with E-state index in [1.54, 1.807) is 6.08 Å². The Morgan fingerprint density at radius 3 is 2.89 bits per heavy atom. The van der Waals surface area contributed by atoms with E-state index in [2.05, 4.69) is 48.6 Å². The molecule has 1 heterocycles. The van der Waals surface area contributed by atoms with Crippen molar-refractivity contribution in [1.82, 2.24) is 4.98 Å². The summed E-state index contributed by atoms with van der Waals surface area (Å²) >= 11 is 0. The van der Waals surface area contributed by atoms with Crippen molar-refractivity contribution in [1.29, 1.82) is 0 Å². The van der Waals surface area contributed by atoms with E-state index in [0.717, 1.165) is 23.4 Å². The van der Waals surface area contributed by atoms with E-state index in [9.17, 15) is 0 Å². The molecule has 0 amide bonds. The minimum Gasteiger partial charge on any atom is -0.349 e. The molecule has 92 valence electrons. The van der Waals surface area contributed by atoms with Gasteiger partial charge < -0.3 is 4.98 Å². The van der Waals surface area contributed by atoms with Gasteiger partial charge in [-0.15, -0.1) is 0 Å². The van der Waals surface area contributed by atoms with Crippen LogP contribution in [-0.2, 0) is 0 Å². The van der Waals surface area contributed by atoms with Gasteiger partial charge in [-0.05, 0) is 43.0 Å². The third-order valence-corrected chi connectivity index (χ3v) is 2.28. The summed E-state index contributed by atoms with van der Waals surface area (Å²) in [4.78, 5) is 3.23. The summed E-state index contributed by atoms with van der Waals surface area (Å²) in [6, 6.07) is 4.00. The Kier molecular flexibility index (Phi) is 6.14. The van der Waals surface area contributed by atoms with E-state index in [1.165, 1.54) is 0 Å². The van der Waals surface area contributed by atoms with Gasteiger partial charge in [0.25, 0.3) is 0 Å². The van der Waals surface area contributed by atoms with Gasteiger partial charge in [0.2, 0.25) is 0 Å². The SMILES string of the molecule is C=C/C=C(\C=C/CC)/C=C/c1ccc(C#CC)[nH]1. The highest BCUT2D eigenvalue weighted by molar-refractivity contribution is 5.53. The molecule has 0 unspecified atom stereocenters. The van der Waals surface area contributed by atoms with Gasteiger partial charge in [0.05, 0.1) is 5.69 Å². The van der Waals surface area contributed by atoms with Gasteiger partial charge in [-0.3, -0.25) is 0 Å². The Morgan fingerprint density at radius 2 is 2.22 bits per heavy atom. The monoisotopic (exact) mass is 237 g/mol. The van der Waals surface area contributed by atoms with Crippen LogP contribution in [0.3, 0.4) is 0 Å². The molecule has 0 fully saturated rings. The zero-order valence-electron chi connectivity index (χ0n) is 11.0. The van der Waals surface area contributed by atoms with Crippen LogP contribution in [0.4, 0.5) is 0 Å². The molecule has 1 aromatic rings. The van der Waals surface area contributed by atoms with Crippen molar-refractivity contribution in [2.75, 3.05) is 0 Å². The van der Waals surface area contributed by atoms with Crippen LogP contribution in [0, 0.1) is 11.8 Å². The molecule has 1 nitrogen and oxygen atoms in total. The van der Waals surface area contributed by atoms with Crippen LogP contribution in [0.2, 0.25) is 0 Å². The molecule has 18 heavy (non-hydrogen) atoms. The van der Waals surface area contributed by atoms with Crippen LogP contribution in [-0.4, -0.2) is 4.98 Å². The Bertz CT molecular complexity index is 527. The molecule has 0 bridgehead atoms. The molecular weight excluding hydrogens is 218 g/mol. The Hall–Kier alpha value is -2.20. The number of hydrogen-bond donors (Lipinski definition) is 1. The summed E-state index contributed by atoms with van der Waals surface area (Å²) < 4.78 is 0. The standard InChI is InChI=1S/C17H19N/c1-4-7-10-15(8-5-2)11-12-17-14-13-16(18-17)9-6-3/h5,7-8,10-14,18H,2,4H2,1,3H3/b10-7-,12-11+,15-8+. The zero-order chi connectivity index (χ0) is 13.2. The first-order chi connectivity index (χ1) is 8.80. The highest BCUT2D eigenvalue weighted by Crippen LogP contribution is 2.07. The average Bonchev–Trinajstić information content (AvgIpc) is 2.81. The van der Waals surface area contributed by atoms with E-state index < -0.39 is 0 Å². The largest absolute Gasteiger partial charge is 0.349 e. The quantitative estimate of drug-likeness (QED) is 0.574. The van der Waals surface area contributed by atoms with Gasteiger partial charge in [0, 0.05) is 5.69 Å². The van der Waals surface area contributed by atoms with E-state index in [1.807, 2.05) is 31.2 Å². The normalized spacial score (nSPS) is 11.8. The molecular formula is C17H19N. The fraction of sp³-hybridized carbons (Fsp3) is 0.176. The van der Waals surface area contributed by atoms with Gasteiger partial charge >= 0.3 is 0 Å². The predicted molar refractivity (Wildman–Crippen MR) is 80.1 cm³/mol. The van der Waals surface area contributed by atoms with Crippen LogP contribution in [0.1, 0.15) is 31.7 Å². The molecule has 0 aliphatic heterocycles. The Balaban J connectivity index is 2.81. The Labute approximate surface area is 110 Å². The zero-order valence-corrected chi connectivity index (χ0v) is 11.0. The third-order valence-electron chi connectivity index (χ3n) is 2.28. The predicted octanol–water partition coefficient (Wildman–Crippen LogP) is 4.48. The van der Waals surface area contributed by atoms with E-state index in [0.29, 0.717) is 0 Å². The number of nitrogens with one attached hydrogen (secondary N) is 1. The van der Waals surface area contributed by atoms with Gasteiger partial charge in [-0.25, -0.2) is 0 Å². The molecule has 0 atom stereocenters. The van der Waals surface area contributed by atoms with Gasteiger partial charge in [0.15, 0.2) is 0 Å². The lowest BCUT2D eigenvalue weighted by Gasteiger charge is -1.92. The average molecular weight is 237 g/mol. The van der Waals surface area contributed by atoms with Crippen molar-refractivity contribution in [3.8, 4) is 11.8 Å². The van der Waals surface area contributed by atoms with Crippen LogP contribution in [0.5, 0.6) is 0 Å². The minimum atomic E-state index is 0.940. The first-order valence-electron chi connectivity index (χ1n) is 6.09. The topological polar surface area (TPSA) is 15.8 Å². The van der Waals surface area contributed by atoms with Crippen LogP contribution in [0.25, 0.3) is 6.08 Å². The second-order valence-electron chi connectivity index (χ2n) is 3.75. The second-order valence-corrected chi connectivity index (χ2v) is 3.75. The molecule has 1 heteroatoms. The maximum atomic E-state index is 3.72. The number of aromatic nitrogens is 1. The van der Waals surface area contributed by atoms with Crippen LogP contribution < -0.4 is 0 Å². The molecule has 0 aliphatic rings. The van der Waals surface area contributed by atoms with E-state index in [4.69, 9.17) is 0 Å². The highest BCUT2D eigenvalue weighted by atomic mass is 14.7. The molecule has 1 N–H and O–H groups in total. The van der Waals surface area contributed by atoms with E-state index in [-0.39, 0.29) is 0 Å².